The van der Waals surface area contributed by atoms with E-state index in [1.807, 2.05) is 12.1 Å². The van der Waals surface area contributed by atoms with Crippen LogP contribution in [0.4, 0.5) is 5.69 Å². The molecule has 0 bridgehead atoms. The first-order valence-corrected chi connectivity index (χ1v) is 8.05. The predicted molar refractivity (Wildman–Crippen MR) is 90.3 cm³/mol. The third-order valence-electron chi connectivity index (χ3n) is 3.65. The van der Waals surface area contributed by atoms with Gasteiger partial charge in [-0.2, -0.15) is 0 Å². The zero-order valence-corrected chi connectivity index (χ0v) is 14.5. The van der Waals surface area contributed by atoms with Gasteiger partial charge < -0.3 is 15.0 Å². The van der Waals surface area contributed by atoms with Crippen molar-refractivity contribution in [2.75, 3.05) is 24.5 Å². The highest BCUT2D eigenvalue weighted by molar-refractivity contribution is 6.33. The SMILES string of the molecule is CCNCc1cccc(Cl)c1N1CC(C)(C)OC(C)(C)C1. The molecule has 1 aromatic rings. The smallest absolute Gasteiger partial charge is 0.0808 e. The van der Waals surface area contributed by atoms with E-state index in [4.69, 9.17) is 16.3 Å². The fourth-order valence-electron chi connectivity index (χ4n) is 3.26. The average Bonchev–Trinajstić information content (AvgIpc) is 2.32. The van der Waals surface area contributed by atoms with E-state index in [2.05, 4.69) is 50.9 Å². The largest absolute Gasteiger partial charge is 0.366 e. The summed E-state index contributed by atoms with van der Waals surface area (Å²) in [5.74, 6) is 0. The Kier molecular flexibility index (Phi) is 4.86. The van der Waals surface area contributed by atoms with Crippen LogP contribution in [0.5, 0.6) is 0 Å². The van der Waals surface area contributed by atoms with Crippen molar-refractivity contribution >= 4 is 17.3 Å². The van der Waals surface area contributed by atoms with Crippen molar-refractivity contribution in [2.45, 2.75) is 52.4 Å². The van der Waals surface area contributed by atoms with Crippen LogP contribution in [0.1, 0.15) is 40.2 Å². The molecule has 0 aliphatic carbocycles. The van der Waals surface area contributed by atoms with Crippen LogP contribution < -0.4 is 10.2 Å². The molecule has 0 aromatic heterocycles. The summed E-state index contributed by atoms with van der Waals surface area (Å²) in [7, 11) is 0. The van der Waals surface area contributed by atoms with E-state index in [9.17, 15) is 0 Å². The lowest BCUT2D eigenvalue weighted by Gasteiger charge is -2.48. The van der Waals surface area contributed by atoms with E-state index in [1.165, 1.54) is 5.56 Å². The molecule has 0 saturated carbocycles. The van der Waals surface area contributed by atoms with Gasteiger partial charge in [-0.15, -0.1) is 0 Å². The summed E-state index contributed by atoms with van der Waals surface area (Å²) in [4.78, 5) is 2.37. The second kappa shape index (κ2) is 6.15. The van der Waals surface area contributed by atoms with Gasteiger partial charge >= 0.3 is 0 Å². The quantitative estimate of drug-likeness (QED) is 0.914. The molecule has 0 spiro atoms. The Morgan fingerprint density at radius 1 is 1.19 bits per heavy atom. The molecule has 21 heavy (non-hydrogen) atoms. The van der Waals surface area contributed by atoms with Gasteiger partial charge in [0.1, 0.15) is 0 Å². The maximum Gasteiger partial charge on any atom is 0.0808 e. The van der Waals surface area contributed by atoms with Gasteiger partial charge in [-0.3, -0.25) is 0 Å². The van der Waals surface area contributed by atoms with E-state index in [0.717, 1.165) is 36.9 Å². The average molecular weight is 311 g/mol. The highest BCUT2D eigenvalue weighted by Gasteiger charge is 2.39. The Hall–Kier alpha value is -0.770. The molecule has 1 N–H and O–H groups in total. The minimum Gasteiger partial charge on any atom is -0.366 e. The van der Waals surface area contributed by atoms with Crippen LogP contribution in [0, 0.1) is 0 Å². The lowest BCUT2D eigenvalue weighted by Crippen LogP contribution is -2.57. The molecule has 0 unspecified atom stereocenters. The molecular formula is C17H27ClN2O. The molecule has 1 heterocycles. The molecule has 1 aliphatic rings. The molecule has 0 radical (unpaired) electrons. The molecule has 1 aliphatic heterocycles. The number of nitrogens with one attached hydrogen (secondary N) is 1. The van der Waals surface area contributed by atoms with Crippen molar-refractivity contribution in [1.29, 1.82) is 0 Å². The molecule has 3 nitrogen and oxygen atoms in total. The summed E-state index contributed by atoms with van der Waals surface area (Å²) in [5.41, 5.74) is 2.02. The fraction of sp³-hybridized carbons (Fsp3) is 0.647. The topological polar surface area (TPSA) is 24.5 Å². The van der Waals surface area contributed by atoms with Crippen LogP contribution in [0.15, 0.2) is 18.2 Å². The number of hydrogen-bond acceptors (Lipinski definition) is 3. The Morgan fingerprint density at radius 2 is 1.81 bits per heavy atom. The molecule has 1 fully saturated rings. The van der Waals surface area contributed by atoms with Crippen molar-refractivity contribution in [1.82, 2.24) is 5.32 Å². The first-order valence-electron chi connectivity index (χ1n) is 7.67. The Bertz CT molecular complexity index is 484. The van der Waals surface area contributed by atoms with Crippen molar-refractivity contribution in [3.05, 3.63) is 28.8 Å². The van der Waals surface area contributed by atoms with E-state index in [-0.39, 0.29) is 11.2 Å². The zero-order chi connectivity index (χ0) is 15.7. The Labute approximate surface area is 133 Å². The van der Waals surface area contributed by atoms with Crippen molar-refractivity contribution in [2.24, 2.45) is 0 Å². The van der Waals surface area contributed by atoms with Gasteiger partial charge in [0.05, 0.1) is 21.9 Å². The Balaban J connectivity index is 2.36. The molecule has 1 aromatic carbocycles. The summed E-state index contributed by atoms with van der Waals surface area (Å²) in [5, 5.41) is 4.21. The van der Waals surface area contributed by atoms with Gasteiger partial charge in [-0.05, 0) is 45.9 Å². The summed E-state index contributed by atoms with van der Waals surface area (Å²) in [6.07, 6.45) is 0. The number of rotatable bonds is 4. The Morgan fingerprint density at radius 3 is 2.38 bits per heavy atom. The van der Waals surface area contributed by atoms with Gasteiger partial charge in [0.25, 0.3) is 0 Å². The van der Waals surface area contributed by atoms with Crippen LogP contribution in [0.3, 0.4) is 0 Å². The summed E-state index contributed by atoms with van der Waals surface area (Å²) < 4.78 is 6.17. The van der Waals surface area contributed by atoms with Crippen LogP contribution in [-0.4, -0.2) is 30.8 Å². The van der Waals surface area contributed by atoms with E-state index in [1.54, 1.807) is 0 Å². The monoisotopic (exact) mass is 310 g/mol. The second-order valence-corrected chi connectivity index (χ2v) is 7.41. The first kappa shape index (κ1) is 16.6. The maximum atomic E-state index is 6.52. The molecule has 2 rings (SSSR count). The third kappa shape index (κ3) is 4.12. The number of nitrogens with zero attached hydrogens (tertiary/aromatic N) is 1. The minimum atomic E-state index is -0.184. The van der Waals surface area contributed by atoms with Gasteiger partial charge in [-0.25, -0.2) is 0 Å². The summed E-state index contributed by atoms with van der Waals surface area (Å²) in [6.45, 7) is 14.2. The number of ether oxygens (including phenoxy) is 1. The van der Waals surface area contributed by atoms with E-state index in [0.29, 0.717) is 0 Å². The normalized spacial score (nSPS) is 20.6. The summed E-state index contributed by atoms with van der Waals surface area (Å²) in [6, 6.07) is 6.15. The first-order chi connectivity index (χ1) is 9.74. The molecule has 0 atom stereocenters. The number of anilines is 1. The van der Waals surface area contributed by atoms with Gasteiger partial charge in [-0.1, -0.05) is 30.7 Å². The number of hydrogen-bond donors (Lipinski definition) is 1. The van der Waals surface area contributed by atoms with Crippen molar-refractivity contribution in [3.8, 4) is 0 Å². The lowest BCUT2D eigenvalue weighted by atomic mass is 9.97. The predicted octanol–water partition coefficient (Wildman–Crippen LogP) is 3.84. The molecule has 4 heteroatoms. The van der Waals surface area contributed by atoms with Gasteiger partial charge in [0.2, 0.25) is 0 Å². The number of benzene rings is 1. The number of halogens is 1. The van der Waals surface area contributed by atoms with Crippen LogP contribution >= 0.6 is 11.6 Å². The summed E-state index contributed by atoms with van der Waals surface area (Å²) >= 11 is 6.52. The molecular weight excluding hydrogens is 284 g/mol. The highest BCUT2D eigenvalue weighted by atomic mass is 35.5. The highest BCUT2D eigenvalue weighted by Crippen LogP contribution is 2.36. The van der Waals surface area contributed by atoms with Gasteiger partial charge in [0.15, 0.2) is 0 Å². The van der Waals surface area contributed by atoms with E-state index < -0.39 is 0 Å². The number of para-hydroxylation sites is 1. The second-order valence-electron chi connectivity index (χ2n) is 7.01. The fourth-order valence-corrected chi connectivity index (χ4v) is 3.58. The zero-order valence-electron chi connectivity index (χ0n) is 13.8. The van der Waals surface area contributed by atoms with Crippen LogP contribution in [0.25, 0.3) is 0 Å². The van der Waals surface area contributed by atoms with Crippen molar-refractivity contribution in [3.63, 3.8) is 0 Å². The lowest BCUT2D eigenvalue weighted by molar-refractivity contribution is -0.133. The number of morpholine rings is 1. The van der Waals surface area contributed by atoms with Gasteiger partial charge in [0, 0.05) is 19.6 Å². The maximum absolute atomic E-state index is 6.52. The van der Waals surface area contributed by atoms with Crippen molar-refractivity contribution < 1.29 is 4.74 Å². The van der Waals surface area contributed by atoms with E-state index >= 15 is 0 Å². The molecule has 0 amide bonds. The van der Waals surface area contributed by atoms with Crippen LogP contribution in [-0.2, 0) is 11.3 Å². The minimum absolute atomic E-state index is 0.184. The van der Waals surface area contributed by atoms with Crippen LogP contribution in [0.2, 0.25) is 5.02 Å². The molecule has 118 valence electrons. The standard InChI is InChI=1S/C17H27ClN2O/c1-6-19-10-13-8-7-9-14(18)15(13)20-11-16(2,3)21-17(4,5)12-20/h7-9,19H,6,10-12H2,1-5H3. The molecule has 1 saturated heterocycles. The third-order valence-corrected chi connectivity index (χ3v) is 3.95.